The summed E-state index contributed by atoms with van der Waals surface area (Å²) in [6.07, 6.45) is -0.763. The van der Waals surface area contributed by atoms with E-state index in [0.717, 1.165) is 12.1 Å². The Morgan fingerprint density at radius 3 is 2.32 bits per heavy atom. The normalized spacial score (nSPS) is 10.9. The summed E-state index contributed by atoms with van der Waals surface area (Å²) < 4.78 is 18.8. The molecule has 0 aliphatic heterocycles. The number of rotatable bonds is 4. The van der Waals surface area contributed by atoms with Crippen LogP contribution in [0.25, 0.3) is 0 Å². The van der Waals surface area contributed by atoms with E-state index < -0.39 is 28.3 Å². The highest BCUT2D eigenvalue weighted by Crippen LogP contribution is 2.25. The topological polar surface area (TPSA) is 111 Å². The van der Waals surface area contributed by atoms with Gasteiger partial charge < -0.3 is 10.1 Å². The summed E-state index contributed by atoms with van der Waals surface area (Å²) in [6, 6.07) is 7.32. The van der Waals surface area contributed by atoms with Gasteiger partial charge in [0.1, 0.15) is 11.4 Å². The van der Waals surface area contributed by atoms with Crippen molar-refractivity contribution in [2.45, 2.75) is 33.3 Å². The summed E-state index contributed by atoms with van der Waals surface area (Å²) in [5, 5.41) is 15.8. The van der Waals surface area contributed by atoms with Crippen LogP contribution in [0.5, 0.6) is 0 Å². The Balaban J connectivity index is 2.24. The molecule has 0 aromatic heterocycles. The number of halogens is 1. The summed E-state index contributed by atoms with van der Waals surface area (Å²) in [6.45, 7) is 6.58. The number of amides is 2. The minimum absolute atomic E-state index is 0.0202. The number of hydrogen-bond donors (Lipinski definition) is 2. The zero-order valence-electron chi connectivity index (χ0n) is 15.8. The summed E-state index contributed by atoms with van der Waals surface area (Å²) in [7, 11) is 0. The first-order chi connectivity index (χ1) is 13.0. The van der Waals surface area contributed by atoms with Gasteiger partial charge in [0.15, 0.2) is 0 Å². The van der Waals surface area contributed by atoms with Crippen molar-refractivity contribution < 1.29 is 23.6 Å². The van der Waals surface area contributed by atoms with Gasteiger partial charge >= 0.3 is 6.09 Å². The van der Waals surface area contributed by atoms with Crippen LogP contribution in [0.15, 0.2) is 36.4 Å². The number of nitro benzene ring substituents is 1. The molecular formula is C19H20FN3O5. The molecule has 2 amide bonds. The lowest BCUT2D eigenvalue weighted by atomic mass is 10.1. The fourth-order valence-corrected chi connectivity index (χ4v) is 2.34. The number of hydrogen-bond acceptors (Lipinski definition) is 5. The van der Waals surface area contributed by atoms with Crippen LogP contribution < -0.4 is 10.6 Å². The first-order valence-corrected chi connectivity index (χ1v) is 8.32. The minimum atomic E-state index is -0.763. The number of anilines is 2. The third-order valence-electron chi connectivity index (χ3n) is 3.52. The fourth-order valence-electron chi connectivity index (χ4n) is 2.34. The lowest BCUT2D eigenvalue weighted by Gasteiger charge is -2.20. The molecule has 9 heteroatoms. The molecular weight excluding hydrogens is 369 g/mol. The first-order valence-electron chi connectivity index (χ1n) is 8.32. The SMILES string of the molecule is Cc1cc(C(=O)Nc2cc(F)ccc2NC(=O)OC(C)(C)C)ccc1[N+](=O)[O-]. The summed E-state index contributed by atoms with van der Waals surface area (Å²) in [5.74, 6) is -1.24. The van der Waals surface area contributed by atoms with Crippen molar-refractivity contribution >= 4 is 29.1 Å². The van der Waals surface area contributed by atoms with Gasteiger partial charge in [-0.15, -0.1) is 0 Å². The average Bonchev–Trinajstić information content (AvgIpc) is 2.55. The lowest BCUT2D eigenvalue weighted by molar-refractivity contribution is -0.385. The zero-order chi connectivity index (χ0) is 21.1. The van der Waals surface area contributed by atoms with Gasteiger partial charge in [-0.05, 0) is 58.0 Å². The molecule has 0 atom stereocenters. The second-order valence-electron chi connectivity index (χ2n) is 7.03. The van der Waals surface area contributed by atoms with Crippen LogP contribution in [-0.4, -0.2) is 22.5 Å². The van der Waals surface area contributed by atoms with Gasteiger partial charge in [0, 0.05) is 17.2 Å². The minimum Gasteiger partial charge on any atom is -0.444 e. The number of nitrogens with one attached hydrogen (secondary N) is 2. The van der Waals surface area contributed by atoms with E-state index in [-0.39, 0.29) is 22.6 Å². The molecule has 2 aromatic rings. The number of nitrogens with zero attached hydrogens (tertiary/aromatic N) is 1. The molecule has 0 heterocycles. The number of ether oxygens (including phenoxy) is 1. The highest BCUT2D eigenvalue weighted by atomic mass is 19.1. The van der Waals surface area contributed by atoms with E-state index in [4.69, 9.17) is 4.74 Å². The van der Waals surface area contributed by atoms with Crippen LogP contribution >= 0.6 is 0 Å². The first kappa shape index (κ1) is 20.8. The van der Waals surface area contributed by atoms with E-state index in [1.54, 1.807) is 20.8 Å². The summed E-state index contributed by atoms with van der Waals surface area (Å²) in [5.41, 5.74) is -0.229. The second kappa shape index (κ2) is 8.03. The number of aryl methyl sites for hydroxylation is 1. The monoisotopic (exact) mass is 389 g/mol. The van der Waals surface area contributed by atoms with Crippen LogP contribution in [0, 0.1) is 22.9 Å². The Morgan fingerprint density at radius 1 is 1.07 bits per heavy atom. The van der Waals surface area contributed by atoms with Crippen LogP contribution in [0.2, 0.25) is 0 Å². The van der Waals surface area contributed by atoms with Crippen molar-refractivity contribution in [3.63, 3.8) is 0 Å². The Labute approximate surface area is 160 Å². The van der Waals surface area contributed by atoms with Crippen LogP contribution in [0.1, 0.15) is 36.7 Å². The number of nitro groups is 1. The smallest absolute Gasteiger partial charge is 0.412 e. The molecule has 0 saturated heterocycles. The predicted octanol–water partition coefficient (Wildman–Crippen LogP) is 4.64. The molecule has 148 valence electrons. The molecule has 2 rings (SSSR count). The maximum atomic E-state index is 13.6. The maximum absolute atomic E-state index is 13.6. The van der Waals surface area contributed by atoms with E-state index in [9.17, 15) is 24.1 Å². The second-order valence-corrected chi connectivity index (χ2v) is 7.03. The molecule has 0 aliphatic carbocycles. The van der Waals surface area contributed by atoms with Crippen LogP contribution in [0.4, 0.5) is 26.2 Å². The van der Waals surface area contributed by atoms with Gasteiger partial charge in [-0.3, -0.25) is 20.2 Å². The molecule has 0 saturated carbocycles. The Kier molecular flexibility index (Phi) is 5.97. The van der Waals surface area contributed by atoms with E-state index in [1.165, 1.54) is 31.2 Å². The molecule has 8 nitrogen and oxygen atoms in total. The molecule has 2 N–H and O–H groups in total. The van der Waals surface area contributed by atoms with Crippen molar-refractivity contribution in [3.8, 4) is 0 Å². The highest BCUT2D eigenvalue weighted by molar-refractivity contribution is 6.07. The molecule has 0 aliphatic rings. The van der Waals surface area contributed by atoms with Gasteiger partial charge in [-0.2, -0.15) is 0 Å². The predicted molar refractivity (Wildman–Crippen MR) is 102 cm³/mol. The van der Waals surface area contributed by atoms with Gasteiger partial charge in [0.05, 0.1) is 16.3 Å². The third-order valence-corrected chi connectivity index (χ3v) is 3.52. The van der Waals surface area contributed by atoms with Gasteiger partial charge in [0.25, 0.3) is 11.6 Å². The Hall–Kier alpha value is -3.49. The van der Waals surface area contributed by atoms with E-state index >= 15 is 0 Å². The Bertz CT molecular complexity index is 938. The highest BCUT2D eigenvalue weighted by Gasteiger charge is 2.19. The molecule has 0 radical (unpaired) electrons. The van der Waals surface area contributed by atoms with Crippen molar-refractivity contribution in [1.82, 2.24) is 0 Å². The quantitative estimate of drug-likeness (QED) is 0.584. The molecule has 2 aromatic carbocycles. The van der Waals surface area contributed by atoms with E-state index in [2.05, 4.69) is 10.6 Å². The van der Waals surface area contributed by atoms with Crippen molar-refractivity contribution in [2.75, 3.05) is 10.6 Å². The van der Waals surface area contributed by atoms with Gasteiger partial charge in [0.2, 0.25) is 0 Å². The molecule has 28 heavy (non-hydrogen) atoms. The van der Waals surface area contributed by atoms with Crippen LogP contribution in [-0.2, 0) is 4.74 Å². The number of carbonyl (C=O) groups excluding carboxylic acids is 2. The van der Waals surface area contributed by atoms with E-state index in [0.29, 0.717) is 5.56 Å². The zero-order valence-corrected chi connectivity index (χ0v) is 15.8. The van der Waals surface area contributed by atoms with E-state index in [1.807, 2.05) is 0 Å². The van der Waals surface area contributed by atoms with Gasteiger partial charge in [-0.1, -0.05) is 0 Å². The molecule has 0 bridgehead atoms. The van der Waals surface area contributed by atoms with Crippen LogP contribution in [0.3, 0.4) is 0 Å². The largest absolute Gasteiger partial charge is 0.444 e. The number of carbonyl (C=O) groups is 2. The lowest BCUT2D eigenvalue weighted by Crippen LogP contribution is -2.27. The standard InChI is InChI=1S/C19H20FN3O5/c1-11-9-12(5-8-16(11)23(26)27)17(24)21-15-10-13(20)6-7-14(15)22-18(25)28-19(2,3)4/h5-10H,1-4H3,(H,21,24)(H,22,25). The molecule has 0 unspecified atom stereocenters. The third kappa shape index (κ3) is 5.50. The average molecular weight is 389 g/mol. The summed E-state index contributed by atoms with van der Waals surface area (Å²) in [4.78, 5) is 34.8. The molecule has 0 spiro atoms. The van der Waals surface area contributed by atoms with Gasteiger partial charge in [-0.25, -0.2) is 9.18 Å². The molecule has 0 fully saturated rings. The fraction of sp³-hybridized carbons (Fsp3) is 0.263. The maximum Gasteiger partial charge on any atom is 0.412 e. The number of benzene rings is 2. The Morgan fingerprint density at radius 2 is 1.75 bits per heavy atom. The van der Waals surface area contributed by atoms with Crippen molar-refractivity contribution in [1.29, 1.82) is 0 Å². The van der Waals surface area contributed by atoms with Crippen molar-refractivity contribution in [2.24, 2.45) is 0 Å². The van der Waals surface area contributed by atoms with Crippen molar-refractivity contribution in [3.05, 3.63) is 63.5 Å². The summed E-state index contributed by atoms with van der Waals surface area (Å²) >= 11 is 0.